The summed E-state index contributed by atoms with van der Waals surface area (Å²) in [5.41, 5.74) is 8.20. The van der Waals surface area contributed by atoms with Gasteiger partial charge in [-0.2, -0.15) is 5.10 Å². The zero-order valence-electron chi connectivity index (χ0n) is 10.2. The molecule has 0 amide bonds. The summed E-state index contributed by atoms with van der Waals surface area (Å²) in [5.74, 6) is 0.702. The lowest BCUT2D eigenvalue weighted by atomic mass is 10.1. The Balaban J connectivity index is 1.97. The van der Waals surface area contributed by atoms with E-state index in [4.69, 9.17) is 10.5 Å². The normalized spacial score (nSPS) is 15.6. The molecule has 0 unspecified atom stereocenters. The number of benzene rings is 1. The van der Waals surface area contributed by atoms with E-state index >= 15 is 0 Å². The summed E-state index contributed by atoms with van der Waals surface area (Å²) in [4.78, 5) is 1.24. The van der Waals surface area contributed by atoms with Gasteiger partial charge in [0.2, 0.25) is 0 Å². The smallest absolute Gasteiger partial charge is 0.129 e. The molecular weight excluding hydrogens is 246 g/mol. The zero-order valence-corrected chi connectivity index (χ0v) is 11.0. The average molecular weight is 261 g/mol. The number of nitrogen functional groups attached to an aromatic ring is 1. The first-order valence-corrected chi connectivity index (χ1v) is 6.75. The van der Waals surface area contributed by atoms with Crippen LogP contribution in [0.2, 0.25) is 0 Å². The lowest BCUT2D eigenvalue weighted by Crippen LogP contribution is -2.30. The molecule has 18 heavy (non-hydrogen) atoms. The van der Waals surface area contributed by atoms with Crippen LogP contribution in [0, 0.1) is 0 Å². The Morgan fingerprint density at radius 1 is 1.33 bits per heavy atom. The first-order valence-electron chi connectivity index (χ1n) is 5.87. The molecule has 4 nitrogen and oxygen atoms in total. The standard InChI is InChI=1S/C13H15N3OS/c1-16-13(14)11(6-15-16)10-4-2-3-5-12(10)18-9-7-17-8-9/h2-6,9H,7-8,14H2,1H3. The van der Waals surface area contributed by atoms with Crippen LogP contribution in [0.4, 0.5) is 5.82 Å². The highest BCUT2D eigenvalue weighted by molar-refractivity contribution is 8.00. The summed E-state index contributed by atoms with van der Waals surface area (Å²) in [6.45, 7) is 1.67. The quantitative estimate of drug-likeness (QED) is 0.920. The highest BCUT2D eigenvalue weighted by Gasteiger charge is 2.21. The molecule has 94 valence electrons. The predicted octanol–water partition coefficient (Wildman–Crippen LogP) is 2.16. The van der Waals surface area contributed by atoms with Crippen molar-refractivity contribution in [2.75, 3.05) is 18.9 Å². The van der Waals surface area contributed by atoms with E-state index in [9.17, 15) is 0 Å². The van der Waals surface area contributed by atoms with Crippen molar-refractivity contribution >= 4 is 17.6 Å². The number of hydrogen-bond acceptors (Lipinski definition) is 4. The molecule has 0 saturated carbocycles. The fraction of sp³-hybridized carbons (Fsp3) is 0.308. The summed E-state index contributed by atoms with van der Waals surface area (Å²) < 4.78 is 6.92. The number of ether oxygens (including phenoxy) is 1. The van der Waals surface area contributed by atoms with Crippen LogP contribution in [-0.4, -0.2) is 28.2 Å². The van der Waals surface area contributed by atoms with Crippen LogP contribution in [0.15, 0.2) is 35.4 Å². The minimum Gasteiger partial charge on any atom is -0.383 e. The van der Waals surface area contributed by atoms with Gasteiger partial charge in [0.05, 0.1) is 24.7 Å². The number of rotatable bonds is 3. The van der Waals surface area contributed by atoms with Gasteiger partial charge in [-0.1, -0.05) is 18.2 Å². The molecule has 2 heterocycles. The highest BCUT2D eigenvalue weighted by Crippen LogP contribution is 2.37. The van der Waals surface area contributed by atoms with Gasteiger partial charge >= 0.3 is 0 Å². The van der Waals surface area contributed by atoms with Gasteiger partial charge in [-0.05, 0) is 6.07 Å². The van der Waals surface area contributed by atoms with E-state index < -0.39 is 0 Å². The molecule has 1 saturated heterocycles. The van der Waals surface area contributed by atoms with Crippen LogP contribution in [0.3, 0.4) is 0 Å². The second-order valence-corrected chi connectivity index (χ2v) is 5.68. The maximum Gasteiger partial charge on any atom is 0.129 e. The lowest BCUT2D eigenvalue weighted by Gasteiger charge is -2.26. The topological polar surface area (TPSA) is 53.1 Å². The largest absolute Gasteiger partial charge is 0.383 e. The summed E-state index contributed by atoms with van der Waals surface area (Å²) in [6.07, 6.45) is 1.83. The minimum absolute atomic E-state index is 0.559. The number of aromatic nitrogens is 2. The molecule has 1 aliphatic heterocycles. The molecule has 1 aromatic carbocycles. The molecule has 1 fully saturated rings. The maximum absolute atomic E-state index is 6.05. The third kappa shape index (κ3) is 2.00. The van der Waals surface area contributed by atoms with Crippen molar-refractivity contribution in [2.45, 2.75) is 10.1 Å². The van der Waals surface area contributed by atoms with Gasteiger partial charge in [0.1, 0.15) is 5.82 Å². The van der Waals surface area contributed by atoms with E-state index in [1.54, 1.807) is 4.68 Å². The molecule has 0 radical (unpaired) electrons. The van der Waals surface area contributed by atoms with Crippen LogP contribution in [0.25, 0.3) is 11.1 Å². The van der Waals surface area contributed by atoms with Crippen molar-refractivity contribution in [2.24, 2.45) is 7.05 Å². The second kappa shape index (κ2) is 4.66. The zero-order chi connectivity index (χ0) is 12.5. The first kappa shape index (κ1) is 11.6. The van der Waals surface area contributed by atoms with Crippen molar-refractivity contribution in [3.05, 3.63) is 30.5 Å². The van der Waals surface area contributed by atoms with Crippen molar-refractivity contribution in [1.82, 2.24) is 9.78 Å². The fourth-order valence-electron chi connectivity index (χ4n) is 1.91. The van der Waals surface area contributed by atoms with Crippen molar-refractivity contribution in [1.29, 1.82) is 0 Å². The van der Waals surface area contributed by atoms with E-state index in [-0.39, 0.29) is 0 Å². The molecule has 1 aromatic heterocycles. The Morgan fingerprint density at radius 2 is 2.11 bits per heavy atom. The summed E-state index contributed by atoms with van der Waals surface area (Å²) in [7, 11) is 1.86. The third-order valence-corrected chi connectivity index (χ3v) is 4.28. The van der Waals surface area contributed by atoms with Gasteiger partial charge in [0.15, 0.2) is 0 Å². The Hall–Kier alpha value is -1.46. The minimum atomic E-state index is 0.559. The summed E-state index contributed by atoms with van der Waals surface area (Å²) >= 11 is 1.85. The summed E-state index contributed by atoms with van der Waals surface area (Å²) in [5, 5.41) is 4.76. The predicted molar refractivity (Wildman–Crippen MR) is 73.5 cm³/mol. The molecule has 0 atom stereocenters. The molecule has 0 spiro atoms. The fourth-order valence-corrected chi connectivity index (χ4v) is 3.06. The lowest BCUT2D eigenvalue weighted by molar-refractivity contribution is 0.0455. The van der Waals surface area contributed by atoms with Crippen molar-refractivity contribution in [3.8, 4) is 11.1 Å². The van der Waals surface area contributed by atoms with Gasteiger partial charge in [0.25, 0.3) is 0 Å². The molecular formula is C13H15N3OS. The monoisotopic (exact) mass is 261 g/mol. The van der Waals surface area contributed by atoms with Crippen LogP contribution >= 0.6 is 11.8 Å². The van der Waals surface area contributed by atoms with Crippen LogP contribution in [0.1, 0.15) is 0 Å². The Kier molecular flexibility index (Phi) is 3.01. The summed E-state index contributed by atoms with van der Waals surface area (Å²) in [6, 6.07) is 8.31. The molecule has 3 rings (SSSR count). The van der Waals surface area contributed by atoms with Gasteiger partial charge in [-0.25, -0.2) is 0 Å². The third-order valence-electron chi connectivity index (χ3n) is 3.06. The molecule has 2 aromatic rings. The van der Waals surface area contributed by atoms with Gasteiger partial charge < -0.3 is 10.5 Å². The average Bonchev–Trinajstić information content (AvgIpc) is 2.66. The number of aryl methyl sites for hydroxylation is 1. The number of anilines is 1. The van der Waals surface area contributed by atoms with Gasteiger partial charge in [0, 0.05) is 23.1 Å². The number of nitrogens with zero attached hydrogens (tertiary/aromatic N) is 2. The van der Waals surface area contributed by atoms with E-state index in [1.165, 1.54) is 4.90 Å². The number of hydrogen-bond donors (Lipinski definition) is 1. The van der Waals surface area contributed by atoms with E-state index in [0.29, 0.717) is 11.1 Å². The number of thioether (sulfide) groups is 1. The first-order chi connectivity index (χ1) is 8.75. The molecule has 1 aliphatic rings. The maximum atomic E-state index is 6.05. The van der Waals surface area contributed by atoms with Crippen LogP contribution in [-0.2, 0) is 11.8 Å². The van der Waals surface area contributed by atoms with Crippen molar-refractivity contribution in [3.63, 3.8) is 0 Å². The van der Waals surface area contributed by atoms with Gasteiger partial charge in [-0.3, -0.25) is 4.68 Å². The Bertz CT molecular complexity index is 563. The Labute approximate surface area is 110 Å². The van der Waals surface area contributed by atoms with E-state index in [1.807, 2.05) is 31.1 Å². The molecule has 5 heteroatoms. The van der Waals surface area contributed by atoms with Gasteiger partial charge in [-0.15, -0.1) is 11.8 Å². The SMILES string of the molecule is Cn1ncc(-c2ccccc2SC2COC2)c1N. The molecule has 0 aliphatic carbocycles. The van der Waals surface area contributed by atoms with Crippen LogP contribution in [0.5, 0.6) is 0 Å². The number of nitrogens with two attached hydrogens (primary N) is 1. The van der Waals surface area contributed by atoms with E-state index in [0.717, 1.165) is 24.3 Å². The molecule has 2 N–H and O–H groups in total. The second-order valence-electron chi connectivity index (χ2n) is 4.34. The Morgan fingerprint density at radius 3 is 2.72 bits per heavy atom. The van der Waals surface area contributed by atoms with Crippen molar-refractivity contribution < 1.29 is 4.74 Å². The van der Waals surface area contributed by atoms with E-state index in [2.05, 4.69) is 23.3 Å². The molecule has 0 bridgehead atoms. The highest BCUT2D eigenvalue weighted by atomic mass is 32.2. The van der Waals surface area contributed by atoms with Crippen LogP contribution < -0.4 is 5.73 Å².